The first-order valence-electron chi connectivity index (χ1n) is 8.56. The lowest BCUT2D eigenvalue weighted by molar-refractivity contribution is 0.209. The van der Waals surface area contributed by atoms with E-state index in [9.17, 15) is 4.79 Å². The molecule has 1 aliphatic heterocycles. The molecule has 0 radical (unpaired) electrons. The summed E-state index contributed by atoms with van der Waals surface area (Å²) in [6.45, 7) is 1.52. The van der Waals surface area contributed by atoms with E-state index in [4.69, 9.17) is 9.47 Å². The highest BCUT2D eigenvalue weighted by Gasteiger charge is 2.23. The van der Waals surface area contributed by atoms with Crippen molar-refractivity contribution in [1.82, 2.24) is 19.2 Å². The first kappa shape index (κ1) is 17.5. The number of nitrogens with zero attached hydrogens (tertiary/aromatic N) is 4. The highest BCUT2D eigenvalue weighted by atomic mass is 16.5. The van der Waals surface area contributed by atoms with Gasteiger partial charge in [-0.25, -0.2) is 9.48 Å². The zero-order valence-corrected chi connectivity index (χ0v) is 15.4. The zero-order chi connectivity index (χ0) is 18.0. The van der Waals surface area contributed by atoms with Crippen LogP contribution < -0.4 is 15.2 Å². The number of methoxy groups -OCH3 is 2. The summed E-state index contributed by atoms with van der Waals surface area (Å²) in [6.07, 6.45) is 2.76. The van der Waals surface area contributed by atoms with Crippen molar-refractivity contribution in [2.75, 3.05) is 21.3 Å². The van der Waals surface area contributed by atoms with E-state index >= 15 is 0 Å². The van der Waals surface area contributed by atoms with Crippen LogP contribution in [0.2, 0.25) is 0 Å². The molecule has 0 saturated carbocycles. The first-order valence-corrected chi connectivity index (χ1v) is 8.56. The minimum absolute atomic E-state index is 0.0177. The molecule has 0 saturated heterocycles. The van der Waals surface area contributed by atoms with Crippen molar-refractivity contribution in [3.8, 4) is 11.5 Å². The van der Waals surface area contributed by atoms with Gasteiger partial charge in [0.25, 0.3) is 0 Å². The average Bonchev–Trinajstić information content (AvgIpc) is 2.78. The van der Waals surface area contributed by atoms with E-state index in [0.29, 0.717) is 6.04 Å². The summed E-state index contributed by atoms with van der Waals surface area (Å²) >= 11 is 0. The maximum absolute atomic E-state index is 12.1. The van der Waals surface area contributed by atoms with Gasteiger partial charge in [-0.15, -0.1) is 0 Å². The van der Waals surface area contributed by atoms with Crippen molar-refractivity contribution in [1.29, 1.82) is 0 Å². The topological polar surface area (TPSA) is 61.5 Å². The van der Waals surface area contributed by atoms with E-state index in [2.05, 4.69) is 17.0 Å². The minimum atomic E-state index is -0.0177. The van der Waals surface area contributed by atoms with Crippen molar-refractivity contribution >= 4 is 0 Å². The maximum Gasteiger partial charge on any atom is 0.345 e. The molecule has 136 valence electrons. The molecule has 0 spiro atoms. The SMILES string of the molecule is COc1cc(CN(C)C2CCc3nn(C)c(=O)n3CC2)cc(OC)c1. The number of hydrogen-bond donors (Lipinski definition) is 0. The predicted octanol–water partition coefficient (Wildman–Crippen LogP) is 1.44. The minimum Gasteiger partial charge on any atom is -0.497 e. The van der Waals surface area contributed by atoms with Gasteiger partial charge in [-0.05, 0) is 37.6 Å². The number of aromatic nitrogens is 3. The molecular formula is C18H26N4O3. The van der Waals surface area contributed by atoms with Crippen molar-refractivity contribution < 1.29 is 9.47 Å². The van der Waals surface area contributed by atoms with E-state index in [1.54, 1.807) is 21.3 Å². The van der Waals surface area contributed by atoms with E-state index < -0.39 is 0 Å². The zero-order valence-electron chi connectivity index (χ0n) is 15.4. The second-order valence-corrected chi connectivity index (χ2v) is 6.59. The summed E-state index contributed by atoms with van der Waals surface area (Å²) in [7, 11) is 7.16. The Hall–Kier alpha value is -2.28. The van der Waals surface area contributed by atoms with E-state index in [1.807, 2.05) is 22.8 Å². The third kappa shape index (κ3) is 3.71. The molecular weight excluding hydrogens is 320 g/mol. The van der Waals surface area contributed by atoms with Crippen molar-refractivity contribution in [3.63, 3.8) is 0 Å². The molecule has 0 N–H and O–H groups in total. The Morgan fingerprint density at radius 1 is 1.20 bits per heavy atom. The Morgan fingerprint density at radius 2 is 1.88 bits per heavy atom. The van der Waals surface area contributed by atoms with Gasteiger partial charge >= 0.3 is 5.69 Å². The Labute approximate surface area is 147 Å². The molecule has 3 rings (SSSR count). The Bertz CT molecular complexity index is 774. The number of aryl methyl sites for hydroxylation is 2. The van der Waals surface area contributed by atoms with Crippen LogP contribution >= 0.6 is 0 Å². The highest BCUT2D eigenvalue weighted by Crippen LogP contribution is 2.25. The second kappa shape index (κ2) is 7.31. The molecule has 0 aliphatic carbocycles. The molecule has 1 atom stereocenters. The van der Waals surface area contributed by atoms with Crippen molar-refractivity contribution in [2.45, 2.75) is 38.4 Å². The van der Waals surface area contributed by atoms with Gasteiger partial charge in [0.15, 0.2) is 0 Å². The van der Waals surface area contributed by atoms with Gasteiger partial charge in [-0.1, -0.05) is 0 Å². The Kier molecular flexibility index (Phi) is 5.13. The monoisotopic (exact) mass is 346 g/mol. The van der Waals surface area contributed by atoms with E-state index in [1.165, 1.54) is 4.68 Å². The third-order valence-corrected chi connectivity index (χ3v) is 4.94. The number of fused-ring (bicyclic) bond motifs is 1. The smallest absolute Gasteiger partial charge is 0.345 e. The molecule has 7 nitrogen and oxygen atoms in total. The van der Waals surface area contributed by atoms with Gasteiger partial charge in [-0.2, -0.15) is 5.10 Å². The lowest BCUT2D eigenvalue weighted by atomic mass is 10.1. The largest absolute Gasteiger partial charge is 0.497 e. The van der Waals surface area contributed by atoms with Gasteiger partial charge in [-0.3, -0.25) is 9.47 Å². The quantitative estimate of drug-likeness (QED) is 0.820. The lowest BCUT2D eigenvalue weighted by Crippen LogP contribution is -2.32. The second-order valence-electron chi connectivity index (χ2n) is 6.59. The standard InChI is InChI=1S/C18H26N4O3/c1-20(12-13-9-15(24-3)11-16(10-13)25-4)14-5-6-17-19-21(2)18(23)22(17)8-7-14/h9-11,14H,5-8,12H2,1-4H3. The molecule has 2 heterocycles. The van der Waals surface area contributed by atoms with Crippen LogP contribution in [0.3, 0.4) is 0 Å². The summed E-state index contributed by atoms with van der Waals surface area (Å²) in [5.41, 5.74) is 1.13. The Morgan fingerprint density at radius 3 is 2.52 bits per heavy atom. The first-order chi connectivity index (χ1) is 12.0. The molecule has 25 heavy (non-hydrogen) atoms. The summed E-state index contributed by atoms with van der Waals surface area (Å²) in [5.74, 6) is 2.49. The van der Waals surface area contributed by atoms with Crippen LogP contribution in [0.25, 0.3) is 0 Å². The van der Waals surface area contributed by atoms with Gasteiger partial charge in [0.05, 0.1) is 14.2 Å². The molecule has 2 aromatic rings. The molecule has 0 fully saturated rings. The van der Waals surface area contributed by atoms with Gasteiger partial charge in [0, 0.05) is 38.7 Å². The molecule has 7 heteroatoms. The van der Waals surface area contributed by atoms with Crippen LogP contribution in [0.15, 0.2) is 23.0 Å². The summed E-state index contributed by atoms with van der Waals surface area (Å²) in [4.78, 5) is 14.4. The van der Waals surface area contributed by atoms with Crippen molar-refractivity contribution in [2.24, 2.45) is 7.05 Å². The maximum atomic E-state index is 12.1. The molecule has 1 unspecified atom stereocenters. The molecule has 0 bridgehead atoms. The number of rotatable bonds is 5. The van der Waals surface area contributed by atoms with Crippen LogP contribution in [-0.2, 0) is 26.6 Å². The number of hydrogen-bond acceptors (Lipinski definition) is 5. The van der Waals surface area contributed by atoms with E-state index in [0.717, 1.165) is 55.2 Å². The number of ether oxygens (including phenoxy) is 2. The third-order valence-electron chi connectivity index (χ3n) is 4.94. The van der Waals surface area contributed by atoms with Crippen LogP contribution in [0.5, 0.6) is 11.5 Å². The average molecular weight is 346 g/mol. The van der Waals surface area contributed by atoms with Crippen molar-refractivity contribution in [3.05, 3.63) is 40.1 Å². The highest BCUT2D eigenvalue weighted by molar-refractivity contribution is 5.38. The molecule has 1 aromatic carbocycles. The predicted molar refractivity (Wildman–Crippen MR) is 95.2 cm³/mol. The van der Waals surface area contributed by atoms with E-state index in [-0.39, 0.29) is 5.69 Å². The summed E-state index contributed by atoms with van der Waals surface area (Å²) in [5, 5.41) is 4.35. The summed E-state index contributed by atoms with van der Waals surface area (Å²) in [6, 6.07) is 6.36. The van der Waals surface area contributed by atoms with Gasteiger partial charge in [0.1, 0.15) is 17.3 Å². The molecule has 1 aliphatic rings. The molecule has 1 aromatic heterocycles. The molecule has 0 amide bonds. The fourth-order valence-corrected chi connectivity index (χ4v) is 3.50. The fraction of sp³-hybridized carbons (Fsp3) is 0.556. The normalized spacial score (nSPS) is 17.2. The van der Waals surface area contributed by atoms with Crippen LogP contribution in [0, 0.1) is 0 Å². The Balaban J connectivity index is 1.70. The number of benzene rings is 1. The van der Waals surface area contributed by atoms with Crippen LogP contribution in [-0.4, -0.2) is 46.6 Å². The summed E-state index contributed by atoms with van der Waals surface area (Å²) < 4.78 is 13.9. The van der Waals surface area contributed by atoms with Crippen LogP contribution in [0.4, 0.5) is 0 Å². The lowest BCUT2D eigenvalue weighted by Gasteiger charge is -2.27. The van der Waals surface area contributed by atoms with Gasteiger partial charge < -0.3 is 9.47 Å². The van der Waals surface area contributed by atoms with Crippen LogP contribution in [0.1, 0.15) is 24.2 Å². The fourth-order valence-electron chi connectivity index (χ4n) is 3.50. The van der Waals surface area contributed by atoms with Gasteiger partial charge in [0.2, 0.25) is 0 Å².